The van der Waals surface area contributed by atoms with E-state index in [2.05, 4.69) is 4.98 Å². The summed E-state index contributed by atoms with van der Waals surface area (Å²) in [5.74, 6) is 0.735. The molecule has 1 aliphatic carbocycles. The lowest BCUT2D eigenvalue weighted by Crippen LogP contribution is -2.36. The number of pyridine rings is 1. The number of amides is 1. The number of nitrogens with zero attached hydrogens (tertiary/aromatic N) is 2. The molecule has 0 bridgehead atoms. The van der Waals surface area contributed by atoms with Gasteiger partial charge in [-0.15, -0.1) is 0 Å². The third kappa shape index (κ3) is 2.88. The first-order chi connectivity index (χ1) is 8.72. The molecule has 0 aliphatic heterocycles. The van der Waals surface area contributed by atoms with Crippen molar-refractivity contribution in [1.29, 1.82) is 0 Å². The van der Waals surface area contributed by atoms with Gasteiger partial charge in [0.1, 0.15) is 0 Å². The van der Waals surface area contributed by atoms with Crippen LogP contribution in [0.4, 0.5) is 0 Å². The fourth-order valence-corrected chi connectivity index (χ4v) is 2.77. The molecule has 4 heteroatoms. The number of rotatable bonds is 4. The third-order valence-electron chi connectivity index (χ3n) is 3.82. The van der Waals surface area contributed by atoms with Crippen molar-refractivity contribution in [3.8, 4) is 0 Å². The highest BCUT2D eigenvalue weighted by Crippen LogP contribution is 2.32. The third-order valence-corrected chi connectivity index (χ3v) is 3.82. The minimum absolute atomic E-state index is 0.127. The molecule has 1 aromatic rings. The summed E-state index contributed by atoms with van der Waals surface area (Å²) in [5.41, 5.74) is 6.85. The molecular formula is C14H21N3O. The smallest absolute Gasteiger partial charge is 0.226 e. The molecule has 2 atom stereocenters. The van der Waals surface area contributed by atoms with Crippen LogP contribution in [0.5, 0.6) is 0 Å². The Morgan fingerprint density at radius 3 is 2.83 bits per heavy atom. The van der Waals surface area contributed by atoms with Crippen LogP contribution < -0.4 is 5.73 Å². The zero-order chi connectivity index (χ0) is 13.0. The molecule has 1 heterocycles. The van der Waals surface area contributed by atoms with Crippen molar-refractivity contribution in [1.82, 2.24) is 9.88 Å². The molecule has 1 amide bonds. The molecule has 18 heavy (non-hydrogen) atoms. The lowest BCUT2D eigenvalue weighted by atomic mass is 9.95. The second-order valence-corrected chi connectivity index (χ2v) is 5.08. The van der Waals surface area contributed by atoms with Crippen LogP contribution in [0.15, 0.2) is 24.5 Å². The highest BCUT2D eigenvalue weighted by atomic mass is 16.2. The monoisotopic (exact) mass is 247 g/mol. The van der Waals surface area contributed by atoms with E-state index in [1.165, 1.54) is 0 Å². The van der Waals surface area contributed by atoms with Crippen molar-refractivity contribution >= 4 is 5.91 Å². The Bertz CT molecular complexity index is 393. The summed E-state index contributed by atoms with van der Waals surface area (Å²) in [5, 5.41) is 0. The van der Waals surface area contributed by atoms with E-state index in [1.807, 2.05) is 24.1 Å². The molecule has 0 spiro atoms. The molecule has 0 radical (unpaired) electrons. The van der Waals surface area contributed by atoms with Crippen molar-refractivity contribution in [2.75, 3.05) is 13.6 Å². The van der Waals surface area contributed by atoms with Gasteiger partial charge in [0.05, 0.1) is 0 Å². The maximum absolute atomic E-state index is 12.4. The van der Waals surface area contributed by atoms with Crippen molar-refractivity contribution in [2.24, 2.45) is 17.6 Å². The molecule has 2 N–H and O–H groups in total. The highest BCUT2D eigenvalue weighted by molar-refractivity contribution is 5.79. The summed E-state index contributed by atoms with van der Waals surface area (Å²) >= 11 is 0. The number of carbonyl (C=O) groups is 1. The molecule has 0 saturated heterocycles. The molecule has 1 aromatic heterocycles. The maximum atomic E-state index is 12.4. The fourth-order valence-electron chi connectivity index (χ4n) is 2.77. The number of hydrogen-bond acceptors (Lipinski definition) is 3. The predicted octanol–water partition coefficient (Wildman–Crippen LogP) is 1.41. The second kappa shape index (κ2) is 5.96. The average Bonchev–Trinajstić information content (AvgIpc) is 2.87. The Morgan fingerprint density at radius 1 is 1.44 bits per heavy atom. The van der Waals surface area contributed by atoms with E-state index in [-0.39, 0.29) is 11.8 Å². The number of nitrogens with two attached hydrogens (primary N) is 1. The van der Waals surface area contributed by atoms with E-state index in [9.17, 15) is 4.79 Å². The van der Waals surface area contributed by atoms with Gasteiger partial charge in [-0.05, 0) is 43.0 Å². The quantitative estimate of drug-likeness (QED) is 0.875. The molecule has 98 valence electrons. The van der Waals surface area contributed by atoms with Gasteiger partial charge in [0, 0.05) is 31.9 Å². The standard InChI is InChI=1S/C14H21N3O/c1-17(10-11-5-7-16-8-6-11)14(18)13-4-2-3-12(13)9-15/h5-8,12-13H,2-4,9-10,15H2,1H3/t12-,13-/m1/s1. The molecule has 4 nitrogen and oxygen atoms in total. The maximum Gasteiger partial charge on any atom is 0.226 e. The zero-order valence-corrected chi connectivity index (χ0v) is 10.9. The van der Waals surface area contributed by atoms with Crippen LogP contribution >= 0.6 is 0 Å². The lowest BCUT2D eigenvalue weighted by Gasteiger charge is -2.24. The van der Waals surface area contributed by atoms with Gasteiger partial charge in [0.2, 0.25) is 5.91 Å². The summed E-state index contributed by atoms with van der Waals surface area (Å²) in [4.78, 5) is 18.2. The van der Waals surface area contributed by atoms with Gasteiger partial charge in [-0.25, -0.2) is 0 Å². The van der Waals surface area contributed by atoms with Gasteiger partial charge in [-0.1, -0.05) is 6.42 Å². The van der Waals surface area contributed by atoms with E-state index in [0.717, 1.165) is 24.8 Å². The topological polar surface area (TPSA) is 59.2 Å². The lowest BCUT2D eigenvalue weighted by molar-refractivity contribution is -0.135. The second-order valence-electron chi connectivity index (χ2n) is 5.08. The van der Waals surface area contributed by atoms with Gasteiger partial charge in [0.25, 0.3) is 0 Å². The Balaban J connectivity index is 1.96. The van der Waals surface area contributed by atoms with Crippen molar-refractivity contribution in [2.45, 2.75) is 25.8 Å². The molecule has 1 fully saturated rings. The first-order valence-corrected chi connectivity index (χ1v) is 6.56. The molecule has 0 unspecified atom stereocenters. The van der Waals surface area contributed by atoms with Crippen LogP contribution in [0.3, 0.4) is 0 Å². The van der Waals surface area contributed by atoms with Gasteiger partial charge >= 0.3 is 0 Å². The molecule has 0 aromatic carbocycles. The Labute approximate surface area is 108 Å². The van der Waals surface area contributed by atoms with Crippen LogP contribution in [-0.4, -0.2) is 29.4 Å². The minimum atomic E-state index is 0.127. The first-order valence-electron chi connectivity index (χ1n) is 6.56. The predicted molar refractivity (Wildman–Crippen MR) is 70.6 cm³/mol. The minimum Gasteiger partial charge on any atom is -0.341 e. The SMILES string of the molecule is CN(Cc1ccncc1)C(=O)[C@@H]1CCC[C@@H]1CN. The van der Waals surface area contributed by atoms with Crippen LogP contribution in [0.25, 0.3) is 0 Å². The molecular weight excluding hydrogens is 226 g/mol. The number of hydrogen-bond donors (Lipinski definition) is 1. The van der Waals surface area contributed by atoms with E-state index in [0.29, 0.717) is 19.0 Å². The average molecular weight is 247 g/mol. The molecule has 1 saturated carbocycles. The Morgan fingerprint density at radius 2 is 2.17 bits per heavy atom. The fraction of sp³-hybridized carbons (Fsp3) is 0.571. The molecule has 2 rings (SSSR count). The van der Waals surface area contributed by atoms with Crippen LogP contribution in [0.2, 0.25) is 0 Å². The largest absolute Gasteiger partial charge is 0.341 e. The summed E-state index contributed by atoms with van der Waals surface area (Å²) < 4.78 is 0. The van der Waals surface area contributed by atoms with Gasteiger partial charge in [-0.3, -0.25) is 9.78 Å². The van der Waals surface area contributed by atoms with Gasteiger partial charge in [0.15, 0.2) is 0 Å². The van der Waals surface area contributed by atoms with Crippen molar-refractivity contribution in [3.63, 3.8) is 0 Å². The van der Waals surface area contributed by atoms with Crippen LogP contribution in [-0.2, 0) is 11.3 Å². The van der Waals surface area contributed by atoms with Gasteiger partial charge < -0.3 is 10.6 Å². The number of carbonyl (C=O) groups excluding carboxylic acids is 1. The van der Waals surface area contributed by atoms with Crippen molar-refractivity contribution in [3.05, 3.63) is 30.1 Å². The first kappa shape index (κ1) is 13.0. The van der Waals surface area contributed by atoms with Crippen LogP contribution in [0, 0.1) is 11.8 Å². The molecule has 1 aliphatic rings. The summed E-state index contributed by atoms with van der Waals surface area (Å²) in [6.07, 6.45) is 6.72. The normalized spacial score (nSPS) is 23.0. The van der Waals surface area contributed by atoms with Crippen molar-refractivity contribution < 1.29 is 4.79 Å². The summed E-state index contributed by atoms with van der Waals surface area (Å²) in [6.45, 7) is 1.27. The summed E-state index contributed by atoms with van der Waals surface area (Å²) in [7, 11) is 1.87. The van der Waals surface area contributed by atoms with E-state index in [4.69, 9.17) is 5.73 Å². The van der Waals surface area contributed by atoms with E-state index in [1.54, 1.807) is 12.4 Å². The summed E-state index contributed by atoms with van der Waals surface area (Å²) in [6, 6.07) is 3.89. The number of aromatic nitrogens is 1. The van der Waals surface area contributed by atoms with E-state index < -0.39 is 0 Å². The zero-order valence-electron chi connectivity index (χ0n) is 10.9. The Kier molecular flexibility index (Phi) is 4.31. The van der Waals surface area contributed by atoms with Crippen LogP contribution in [0.1, 0.15) is 24.8 Å². The Hall–Kier alpha value is -1.42. The highest BCUT2D eigenvalue weighted by Gasteiger charge is 2.33. The van der Waals surface area contributed by atoms with E-state index >= 15 is 0 Å². The van der Waals surface area contributed by atoms with Gasteiger partial charge in [-0.2, -0.15) is 0 Å².